The summed E-state index contributed by atoms with van der Waals surface area (Å²) in [5.41, 5.74) is 7.70. The van der Waals surface area contributed by atoms with Crippen LogP contribution in [0.1, 0.15) is 15.9 Å². The fourth-order valence-corrected chi connectivity index (χ4v) is 2.21. The van der Waals surface area contributed by atoms with Gasteiger partial charge in [-0.1, -0.05) is 15.9 Å². The van der Waals surface area contributed by atoms with E-state index < -0.39 is 0 Å². The Balaban J connectivity index is 3.01. The number of amides is 1. The number of ether oxygens (including phenoxy) is 1. The highest BCUT2D eigenvalue weighted by Gasteiger charge is 2.18. The zero-order valence-electron chi connectivity index (χ0n) is 11.1. The summed E-state index contributed by atoms with van der Waals surface area (Å²) in [5, 5.41) is 9.04. The molecule has 0 bridgehead atoms. The van der Waals surface area contributed by atoms with Gasteiger partial charge >= 0.3 is 0 Å². The third kappa shape index (κ3) is 4.19. The molecular formula is C13H19BrN2O3. The molecule has 0 saturated heterocycles. The second-order valence-electron chi connectivity index (χ2n) is 4.18. The van der Waals surface area contributed by atoms with Crippen molar-refractivity contribution in [3.8, 4) is 0 Å². The lowest BCUT2D eigenvalue weighted by Gasteiger charge is -2.22. The maximum atomic E-state index is 12.4. The van der Waals surface area contributed by atoms with E-state index >= 15 is 0 Å². The first-order valence-electron chi connectivity index (χ1n) is 5.96. The molecule has 0 aromatic heterocycles. The van der Waals surface area contributed by atoms with Gasteiger partial charge < -0.3 is 20.5 Å². The minimum absolute atomic E-state index is 0.0853. The second kappa shape index (κ2) is 7.47. The number of hydrogen-bond acceptors (Lipinski definition) is 4. The SMILES string of the molecule is COCCN(CCO)C(=O)c1cc(Br)cc(N)c1C. The van der Waals surface area contributed by atoms with Crippen molar-refractivity contribution in [1.82, 2.24) is 4.90 Å². The minimum Gasteiger partial charge on any atom is -0.398 e. The molecule has 0 atom stereocenters. The predicted molar refractivity (Wildman–Crippen MR) is 78.2 cm³/mol. The number of aliphatic hydroxyl groups is 1. The van der Waals surface area contributed by atoms with Gasteiger partial charge in [0.25, 0.3) is 5.91 Å². The summed E-state index contributed by atoms with van der Waals surface area (Å²) < 4.78 is 5.73. The molecule has 0 unspecified atom stereocenters. The van der Waals surface area contributed by atoms with Crippen molar-refractivity contribution in [3.63, 3.8) is 0 Å². The average molecular weight is 331 g/mol. The third-order valence-corrected chi connectivity index (χ3v) is 3.32. The Hall–Kier alpha value is -1.11. The number of benzene rings is 1. The van der Waals surface area contributed by atoms with Gasteiger partial charge in [0.2, 0.25) is 0 Å². The number of nitrogen functional groups attached to an aromatic ring is 1. The number of halogens is 1. The summed E-state index contributed by atoms with van der Waals surface area (Å²) in [4.78, 5) is 14.0. The van der Waals surface area contributed by atoms with Crippen molar-refractivity contribution in [2.24, 2.45) is 0 Å². The molecule has 3 N–H and O–H groups in total. The van der Waals surface area contributed by atoms with Crippen LogP contribution in [0.25, 0.3) is 0 Å². The Morgan fingerprint density at radius 3 is 2.74 bits per heavy atom. The van der Waals surface area contributed by atoms with Crippen LogP contribution in [-0.4, -0.2) is 49.3 Å². The van der Waals surface area contributed by atoms with Crippen molar-refractivity contribution in [1.29, 1.82) is 0 Å². The molecule has 0 aliphatic rings. The highest BCUT2D eigenvalue weighted by Crippen LogP contribution is 2.23. The second-order valence-corrected chi connectivity index (χ2v) is 5.09. The fourth-order valence-electron chi connectivity index (χ4n) is 1.73. The number of nitrogens with zero attached hydrogens (tertiary/aromatic N) is 1. The number of aliphatic hydroxyl groups excluding tert-OH is 1. The molecule has 1 rings (SSSR count). The number of hydrogen-bond donors (Lipinski definition) is 2. The van der Waals surface area contributed by atoms with Gasteiger partial charge in [-0.2, -0.15) is 0 Å². The lowest BCUT2D eigenvalue weighted by atomic mass is 10.1. The average Bonchev–Trinajstić information content (AvgIpc) is 2.38. The molecule has 0 spiro atoms. The summed E-state index contributed by atoms with van der Waals surface area (Å²) >= 11 is 3.33. The number of anilines is 1. The summed E-state index contributed by atoms with van der Waals surface area (Å²) in [7, 11) is 1.57. The summed E-state index contributed by atoms with van der Waals surface area (Å²) in [6.07, 6.45) is 0. The monoisotopic (exact) mass is 330 g/mol. The molecule has 0 radical (unpaired) electrons. The number of carbonyl (C=O) groups is 1. The Bertz CT molecular complexity index is 452. The number of carbonyl (C=O) groups excluding carboxylic acids is 1. The van der Waals surface area contributed by atoms with Gasteiger partial charge in [0, 0.05) is 35.9 Å². The van der Waals surface area contributed by atoms with E-state index in [0.717, 1.165) is 10.0 Å². The fraction of sp³-hybridized carbons (Fsp3) is 0.462. The van der Waals surface area contributed by atoms with Crippen LogP contribution in [-0.2, 0) is 4.74 Å². The van der Waals surface area contributed by atoms with Gasteiger partial charge in [-0.3, -0.25) is 4.79 Å². The summed E-state index contributed by atoms with van der Waals surface area (Å²) in [6, 6.07) is 3.50. The first kappa shape index (κ1) is 15.9. The Morgan fingerprint density at radius 2 is 2.16 bits per heavy atom. The molecule has 1 amide bonds. The smallest absolute Gasteiger partial charge is 0.254 e. The third-order valence-electron chi connectivity index (χ3n) is 2.87. The van der Waals surface area contributed by atoms with E-state index in [4.69, 9.17) is 15.6 Å². The Morgan fingerprint density at radius 1 is 1.47 bits per heavy atom. The zero-order chi connectivity index (χ0) is 14.4. The molecule has 1 aromatic rings. The molecular weight excluding hydrogens is 312 g/mol. The molecule has 0 aliphatic heterocycles. The highest BCUT2D eigenvalue weighted by molar-refractivity contribution is 9.10. The van der Waals surface area contributed by atoms with Crippen LogP contribution >= 0.6 is 15.9 Å². The van der Waals surface area contributed by atoms with E-state index in [-0.39, 0.29) is 19.1 Å². The molecule has 0 aliphatic carbocycles. The van der Waals surface area contributed by atoms with Gasteiger partial charge in [-0.15, -0.1) is 0 Å². The lowest BCUT2D eigenvalue weighted by Crippen LogP contribution is -2.36. The minimum atomic E-state index is -0.156. The zero-order valence-corrected chi connectivity index (χ0v) is 12.7. The van der Waals surface area contributed by atoms with Crippen LogP contribution in [0.15, 0.2) is 16.6 Å². The van der Waals surface area contributed by atoms with E-state index in [1.165, 1.54) is 0 Å². The quantitative estimate of drug-likeness (QED) is 0.773. The Kier molecular flexibility index (Phi) is 6.27. The topological polar surface area (TPSA) is 75.8 Å². The molecule has 0 fully saturated rings. The summed E-state index contributed by atoms with van der Waals surface area (Å²) in [6.45, 7) is 2.85. The maximum absolute atomic E-state index is 12.4. The first-order valence-corrected chi connectivity index (χ1v) is 6.75. The van der Waals surface area contributed by atoms with Gasteiger partial charge in [0.15, 0.2) is 0 Å². The van der Waals surface area contributed by atoms with Crippen molar-refractivity contribution in [3.05, 3.63) is 27.7 Å². The van der Waals surface area contributed by atoms with Gasteiger partial charge in [0.1, 0.15) is 0 Å². The normalized spacial score (nSPS) is 10.5. The molecule has 106 valence electrons. The molecule has 6 heteroatoms. The van der Waals surface area contributed by atoms with Crippen molar-refractivity contribution >= 4 is 27.5 Å². The van der Waals surface area contributed by atoms with E-state index in [0.29, 0.717) is 24.4 Å². The molecule has 0 saturated carbocycles. The van der Waals surface area contributed by atoms with Crippen LogP contribution in [0.4, 0.5) is 5.69 Å². The molecule has 5 nitrogen and oxygen atoms in total. The van der Waals surface area contributed by atoms with Crippen LogP contribution in [0.3, 0.4) is 0 Å². The van der Waals surface area contributed by atoms with Crippen LogP contribution < -0.4 is 5.73 Å². The molecule has 0 heterocycles. The van der Waals surface area contributed by atoms with E-state index in [2.05, 4.69) is 15.9 Å². The highest BCUT2D eigenvalue weighted by atomic mass is 79.9. The van der Waals surface area contributed by atoms with Gasteiger partial charge in [-0.25, -0.2) is 0 Å². The largest absolute Gasteiger partial charge is 0.398 e. The number of nitrogens with two attached hydrogens (primary N) is 1. The van der Waals surface area contributed by atoms with Crippen molar-refractivity contribution in [2.45, 2.75) is 6.92 Å². The van der Waals surface area contributed by atoms with E-state index in [9.17, 15) is 4.79 Å². The lowest BCUT2D eigenvalue weighted by molar-refractivity contribution is 0.0656. The van der Waals surface area contributed by atoms with E-state index in [1.54, 1.807) is 24.1 Å². The number of methoxy groups -OCH3 is 1. The summed E-state index contributed by atoms with van der Waals surface area (Å²) in [5.74, 6) is -0.156. The van der Waals surface area contributed by atoms with Crippen molar-refractivity contribution in [2.75, 3.05) is 39.1 Å². The Labute approximate surface area is 121 Å². The first-order chi connectivity index (χ1) is 9.01. The standard InChI is InChI=1S/C13H19BrN2O3/c1-9-11(7-10(14)8-12(9)15)13(18)16(3-5-17)4-6-19-2/h7-8,17H,3-6,15H2,1-2H3. The van der Waals surface area contributed by atoms with E-state index in [1.807, 2.05) is 6.92 Å². The molecule has 19 heavy (non-hydrogen) atoms. The van der Waals surface area contributed by atoms with Gasteiger partial charge in [-0.05, 0) is 24.6 Å². The van der Waals surface area contributed by atoms with Gasteiger partial charge in [0.05, 0.1) is 13.2 Å². The van der Waals surface area contributed by atoms with Crippen LogP contribution in [0.5, 0.6) is 0 Å². The van der Waals surface area contributed by atoms with Crippen LogP contribution in [0.2, 0.25) is 0 Å². The van der Waals surface area contributed by atoms with Crippen molar-refractivity contribution < 1.29 is 14.6 Å². The molecule has 1 aromatic carbocycles. The van der Waals surface area contributed by atoms with Crippen LogP contribution in [0, 0.1) is 6.92 Å². The number of rotatable bonds is 6. The maximum Gasteiger partial charge on any atom is 0.254 e. The predicted octanol–water partition coefficient (Wildman–Crippen LogP) is 1.42.